The lowest BCUT2D eigenvalue weighted by Gasteiger charge is -2.38. The number of allylic oxidation sites excluding steroid dienone is 3. The molecule has 1 N–H and O–H groups in total. The van der Waals surface area contributed by atoms with Gasteiger partial charge in [0.1, 0.15) is 18.3 Å². The lowest BCUT2D eigenvalue weighted by molar-refractivity contribution is -0.151. The number of nitrogens with one attached hydrogen (secondary N) is 1. The van der Waals surface area contributed by atoms with Gasteiger partial charge in [-0.25, -0.2) is 4.79 Å². The van der Waals surface area contributed by atoms with Crippen LogP contribution in [-0.2, 0) is 28.6 Å². The number of ether oxygens (including phenoxy) is 4. The Morgan fingerprint density at radius 1 is 1.15 bits per heavy atom. The topological polar surface area (TPSA) is 100 Å². The van der Waals surface area contributed by atoms with Crippen molar-refractivity contribution in [3.05, 3.63) is 52.4 Å². The number of carbonyl (C=O) groups is 3. The summed E-state index contributed by atoms with van der Waals surface area (Å²) >= 11 is 0. The Morgan fingerprint density at radius 3 is 2.50 bits per heavy atom. The molecular formula is C26H33NO7. The monoisotopic (exact) mass is 471 g/mol. The summed E-state index contributed by atoms with van der Waals surface area (Å²) in [5.41, 5.74) is 2.64. The SMILES string of the molecule is COCCOC(=O)C1=C(C)NC2=C(C(=O)[C@H](C(=O)OC)[C@@H](C)C2)[C@H]1c1ccccc1OC(C)C. The fourth-order valence-corrected chi connectivity index (χ4v) is 4.64. The molecule has 0 fully saturated rings. The second-order valence-corrected chi connectivity index (χ2v) is 8.87. The Kier molecular flexibility index (Phi) is 8.15. The summed E-state index contributed by atoms with van der Waals surface area (Å²) in [7, 11) is 2.80. The molecule has 3 atom stereocenters. The average Bonchev–Trinajstić information content (AvgIpc) is 2.78. The third-order valence-corrected chi connectivity index (χ3v) is 6.08. The lowest BCUT2D eigenvalue weighted by Crippen LogP contribution is -2.43. The molecule has 0 saturated heterocycles. The maximum Gasteiger partial charge on any atom is 0.336 e. The van der Waals surface area contributed by atoms with E-state index in [0.717, 1.165) is 0 Å². The van der Waals surface area contributed by atoms with Crippen molar-refractivity contribution in [3.63, 3.8) is 0 Å². The minimum Gasteiger partial charge on any atom is -0.491 e. The van der Waals surface area contributed by atoms with Gasteiger partial charge in [-0.15, -0.1) is 0 Å². The van der Waals surface area contributed by atoms with Crippen LogP contribution in [0.2, 0.25) is 0 Å². The number of para-hydroxylation sites is 1. The first kappa shape index (κ1) is 25.5. The van der Waals surface area contributed by atoms with Crippen molar-refractivity contribution in [1.82, 2.24) is 5.32 Å². The third-order valence-electron chi connectivity index (χ3n) is 6.08. The summed E-state index contributed by atoms with van der Waals surface area (Å²) in [6.45, 7) is 7.78. The first-order valence-corrected chi connectivity index (χ1v) is 11.5. The molecule has 8 nitrogen and oxygen atoms in total. The number of hydrogen-bond donors (Lipinski definition) is 1. The van der Waals surface area contributed by atoms with Crippen molar-refractivity contribution in [2.24, 2.45) is 11.8 Å². The van der Waals surface area contributed by atoms with E-state index in [-0.39, 0.29) is 31.0 Å². The number of rotatable bonds is 8. The number of methoxy groups -OCH3 is 2. The number of esters is 2. The maximum absolute atomic E-state index is 13.8. The second-order valence-electron chi connectivity index (χ2n) is 8.87. The summed E-state index contributed by atoms with van der Waals surface area (Å²) in [5, 5.41) is 3.25. The van der Waals surface area contributed by atoms with Gasteiger partial charge < -0.3 is 24.3 Å². The number of Topliss-reactive ketones (excluding diaryl/α,β-unsaturated/α-hetero) is 1. The number of benzene rings is 1. The van der Waals surface area contributed by atoms with E-state index >= 15 is 0 Å². The van der Waals surface area contributed by atoms with Gasteiger partial charge in [-0.2, -0.15) is 0 Å². The summed E-state index contributed by atoms with van der Waals surface area (Å²) in [6.07, 6.45) is 0.344. The van der Waals surface area contributed by atoms with Crippen molar-refractivity contribution in [1.29, 1.82) is 0 Å². The first-order valence-electron chi connectivity index (χ1n) is 11.5. The molecule has 8 heteroatoms. The lowest BCUT2D eigenvalue weighted by atomic mass is 9.69. The van der Waals surface area contributed by atoms with Crippen molar-refractivity contribution >= 4 is 17.7 Å². The minimum absolute atomic E-state index is 0.0741. The highest BCUT2D eigenvalue weighted by atomic mass is 16.6. The average molecular weight is 472 g/mol. The molecule has 0 saturated carbocycles. The Hall–Kier alpha value is -3.13. The van der Waals surface area contributed by atoms with E-state index in [2.05, 4.69) is 5.32 Å². The maximum atomic E-state index is 13.8. The van der Waals surface area contributed by atoms with Crippen LogP contribution in [-0.4, -0.2) is 51.3 Å². The van der Waals surface area contributed by atoms with Gasteiger partial charge >= 0.3 is 11.9 Å². The molecule has 2 aliphatic rings. The Labute approximate surface area is 200 Å². The Bertz CT molecular complexity index is 1020. The summed E-state index contributed by atoms with van der Waals surface area (Å²) in [6, 6.07) is 7.33. The van der Waals surface area contributed by atoms with E-state index < -0.39 is 23.8 Å². The van der Waals surface area contributed by atoms with E-state index in [1.165, 1.54) is 14.2 Å². The number of ketones is 1. The molecule has 0 spiro atoms. The van der Waals surface area contributed by atoms with E-state index in [1.807, 2.05) is 45.0 Å². The largest absolute Gasteiger partial charge is 0.491 e. The van der Waals surface area contributed by atoms with Gasteiger partial charge in [0, 0.05) is 29.6 Å². The van der Waals surface area contributed by atoms with Crippen molar-refractivity contribution < 1.29 is 33.3 Å². The van der Waals surface area contributed by atoms with Crippen molar-refractivity contribution in [2.75, 3.05) is 27.4 Å². The molecule has 34 heavy (non-hydrogen) atoms. The molecule has 0 amide bonds. The molecule has 0 bridgehead atoms. The van der Waals surface area contributed by atoms with E-state index in [9.17, 15) is 14.4 Å². The molecule has 1 aliphatic heterocycles. The molecule has 1 aromatic carbocycles. The van der Waals surface area contributed by atoms with E-state index in [1.54, 1.807) is 6.92 Å². The van der Waals surface area contributed by atoms with Gasteiger partial charge in [0.25, 0.3) is 0 Å². The first-order chi connectivity index (χ1) is 16.2. The molecule has 0 unspecified atom stereocenters. The van der Waals surface area contributed by atoms with E-state index in [0.29, 0.717) is 40.3 Å². The van der Waals surface area contributed by atoms with Crippen LogP contribution in [0.15, 0.2) is 46.8 Å². The zero-order valence-corrected chi connectivity index (χ0v) is 20.6. The fourth-order valence-electron chi connectivity index (χ4n) is 4.64. The fraction of sp³-hybridized carbons (Fsp3) is 0.500. The third kappa shape index (κ3) is 5.01. The zero-order chi connectivity index (χ0) is 25.0. The van der Waals surface area contributed by atoms with Crippen LogP contribution < -0.4 is 10.1 Å². The molecular weight excluding hydrogens is 438 g/mol. The predicted molar refractivity (Wildman–Crippen MR) is 125 cm³/mol. The van der Waals surface area contributed by atoms with Gasteiger partial charge in [-0.1, -0.05) is 25.1 Å². The van der Waals surface area contributed by atoms with Crippen LogP contribution in [0.3, 0.4) is 0 Å². The van der Waals surface area contributed by atoms with Gasteiger partial charge in [0.05, 0.1) is 31.3 Å². The van der Waals surface area contributed by atoms with Gasteiger partial charge in [-0.05, 0) is 39.2 Å². The van der Waals surface area contributed by atoms with Crippen LogP contribution >= 0.6 is 0 Å². The van der Waals surface area contributed by atoms with E-state index in [4.69, 9.17) is 18.9 Å². The Balaban J connectivity index is 2.18. The van der Waals surface area contributed by atoms with Crippen LogP contribution in [0.4, 0.5) is 0 Å². The van der Waals surface area contributed by atoms with Gasteiger partial charge in [-0.3, -0.25) is 9.59 Å². The molecule has 184 valence electrons. The minimum atomic E-state index is -0.949. The highest BCUT2D eigenvalue weighted by molar-refractivity contribution is 6.12. The molecule has 3 rings (SSSR count). The highest BCUT2D eigenvalue weighted by Crippen LogP contribution is 2.47. The summed E-state index contributed by atoms with van der Waals surface area (Å²) in [5.74, 6) is -2.88. The van der Waals surface area contributed by atoms with Crippen molar-refractivity contribution in [3.8, 4) is 5.75 Å². The number of hydrogen-bond acceptors (Lipinski definition) is 8. The second kappa shape index (κ2) is 10.9. The normalized spacial score (nSPS) is 22.3. The van der Waals surface area contributed by atoms with Crippen LogP contribution in [0.25, 0.3) is 0 Å². The predicted octanol–water partition coefficient (Wildman–Crippen LogP) is 3.28. The smallest absolute Gasteiger partial charge is 0.336 e. The van der Waals surface area contributed by atoms with Gasteiger partial charge in [0.2, 0.25) is 0 Å². The molecule has 1 aliphatic carbocycles. The highest BCUT2D eigenvalue weighted by Gasteiger charge is 2.47. The zero-order valence-electron chi connectivity index (χ0n) is 20.6. The standard InChI is InChI=1S/C26H33NO7/c1-14(2)34-19-10-8-7-9-17(19)22-21(26(30)33-12-11-31-5)16(4)27-18-13-15(3)20(25(29)32-6)24(28)23(18)22/h7-10,14-15,20,22,27H,11-13H2,1-6H3/t15-,20+,22-/m0/s1. The summed E-state index contributed by atoms with van der Waals surface area (Å²) < 4.78 is 21.5. The van der Waals surface area contributed by atoms with Crippen molar-refractivity contribution in [2.45, 2.75) is 46.1 Å². The molecule has 0 radical (unpaired) electrons. The van der Waals surface area contributed by atoms with Gasteiger partial charge in [0.15, 0.2) is 5.78 Å². The number of dihydropyridines is 1. The van der Waals surface area contributed by atoms with Crippen LogP contribution in [0, 0.1) is 11.8 Å². The summed E-state index contributed by atoms with van der Waals surface area (Å²) in [4.78, 5) is 39.6. The Morgan fingerprint density at radius 2 is 1.85 bits per heavy atom. The van der Waals surface area contributed by atoms with Crippen LogP contribution in [0.5, 0.6) is 5.75 Å². The molecule has 1 aromatic rings. The quantitative estimate of drug-likeness (QED) is 0.350. The molecule has 1 heterocycles. The van der Waals surface area contributed by atoms with Crippen LogP contribution in [0.1, 0.15) is 45.6 Å². The molecule has 0 aromatic heterocycles. The number of carbonyl (C=O) groups excluding carboxylic acids is 3.